The monoisotopic (exact) mass is 234 g/mol. The van der Waals surface area contributed by atoms with Crippen molar-refractivity contribution >= 4 is 18.3 Å². The normalized spacial score (nSPS) is 10.5. The van der Waals surface area contributed by atoms with Crippen LogP contribution in [0.1, 0.15) is 13.3 Å². The van der Waals surface area contributed by atoms with Gasteiger partial charge in [0.15, 0.2) is 0 Å². The zero-order valence-electron chi connectivity index (χ0n) is 9.34. The number of ether oxygens (including phenoxy) is 1. The lowest BCUT2D eigenvalue weighted by atomic mass is 10.2. The summed E-state index contributed by atoms with van der Waals surface area (Å²) in [5, 5.41) is 21.4. The van der Waals surface area contributed by atoms with Gasteiger partial charge in [0.05, 0.1) is 6.61 Å². The smallest absolute Gasteiger partial charge is 0.264 e. The van der Waals surface area contributed by atoms with Gasteiger partial charge in [0, 0.05) is 17.5 Å². The number of rotatable bonds is 5. The van der Waals surface area contributed by atoms with Gasteiger partial charge in [0.2, 0.25) is 0 Å². The maximum Gasteiger partial charge on any atom is 0.264 e. The van der Waals surface area contributed by atoms with Gasteiger partial charge in [-0.2, -0.15) is 0 Å². The summed E-state index contributed by atoms with van der Waals surface area (Å²) in [5.74, 6) is 0.615. The van der Waals surface area contributed by atoms with E-state index in [1.54, 1.807) is 18.2 Å². The summed E-state index contributed by atoms with van der Waals surface area (Å²) in [6, 6.07) is 6.77. The first-order valence-corrected chi connectivity index (χ1v) is 5.33. The van der Waals surface area contributed by atoms with Crippen LogP contribution in [0, 0.1) is 0 Å². The van der Waals surface area contributed by atoms with Crippen LogP contribution in [0.5, 0.6) is 11.7 Å². The molecular weight excluding hydrogens is 223 g/mol. The molecule has 6 heteroatoms. The Morgan fingerprint density at radius 1 is 1.29 bits per heavy atom. The van der Waals surface area contributed by atoms with Crippen LogP contribution in [0.15, 0.2) is 28.7 Å². The van der Waals surface area contributed by atoms with Crippen LogP contribution in [0.4, 0.5) is 0 Å². The van der Waals surface area contributed by atoms with Crippen LogP contribution in [-0.4, -0.2) is 13.9 Å². The molecule has 5 nitrogen and oxygen atoms in total. The number of benzene rings is 1. The summed E-state index contributed by atoms with van der Waals surface area (Å²) in [6.07, 6.45) is 0.915. The molecule has 0 saturated carbocycles. The molecule has 90 valence electrons. The Hall–Kier alpha value is -1.66. The highest BCUT2D eigenvalue weighted by Crippen LogP contribution is 2.28. The molecule has 0 aliphatic carbocycles. The molecule has 0 spiro atoms. The third kappa shape index (κ3) is 2.92. The molecule has 0 radical (unpaired) electrons. The SMILES string of the molecule is CCCOc1ccc2cc(OB([O-])[O-])oc2c1. The van der Waals surface area contributed by atoms with Crippen LogP contribution in [0.3, 0.4) is 0 Å². The first-order chi connectivity index (χ1) is 8.19. The molecule has 0 aliphatic rings. The average Bonchev–Trinajstić information content (AvgIpc) is 2.66. The fraction of sp³-hybridized carbons (Fsp3) is 0.273. The molecule has 0 saturated heterocycles. The second kappa shape index (κ2) is 5.12. The predicted molar refractivity (Wildman–Crippen MR) is 58.4 cm³/mol. The standard InChI is InChI=1S/C11H11BO5/c1-2-5-15-9-4-3-8-6-11(17-12(13)14)16-10(8)7-9/h3-4,6-7H,2,5H2,1H3/q-2. The Kier molecular flexibility index (Phi) is 3.56. The van der Waals surface area contributed by atoms with E-state index < -0.39 is 7.32 Å². The van der Waals surface area contributed by atoms with Crippen LogP contribution in [0.2, 0.25) is 0 Å². The largest absolute Gasteiger partial charge is 0.860 e. The van der Waals surface area contributed by atoms with Gasteiger partial charge in [0.25, 0.3) is 5.95 Å². The van der Waals surface area contributed by atoms with Gasteiger partial charge in [-0.1, -0.05) is 6.92 Å². The Bertz CT molecular complexity index is 494. The molecule has 2 aromatic rings. The summed E-state index contributed by atoms with van der Waals surface area (Å²) >= 11 is 0. The Balaban J connectivity index is 2.21. The van der Waals surface area contributed by atoms with E-state index in [-0.39, 0.29) is 5.95 Å². The maximum absolute atomic E-state index is 10.3. The fourth-order valence-corrected chi connectivity index (χ4v) is 1.45. The van der Waals surface area contributed by atoms with Gasteiger partial charge in [-0.25, -0.2) is 0 Å². The Morgan fingerprint density at radius 3 is 2.82 bits per heavy atom. The highest BCUT2D eigenvalue weighted by Gasteiger charge is 2.05. The average molecular weight is 234 g/mol. The second-order valence-electron chi connectivity index (χ2n) is 3.52. The van der Waals surface area contributed by atoms with Crippen molar-refractivity contribution in [3.8, 4) is 11.7 Å². The molecule has 1 aromatic heterocycles. The van der Waals surface area contributed by atoms with E-state index in [1.165, 1.54) is 6.07 Å². The van der Waals surface area contributed by atoms with Gasteiger partial charge in [-0.15, -0.1) is 0 Å². The first kappa shape index (κ1) is 11.8. The third-order valence-electron chi connectivity index (χ3n) is 2.15. The van der Waals surface area contributed by atoms with Crippen LogP contribution in [0.25, 0.3) is 11.0 Å². The van der Waals surface area contributed by atoms with Gasteiger partial charge in [-0.05, 0) is 18.6 Å². The molecule has 0 aliphatic heterocycles. The zero-order valence-corrected chi connectivity index (χ0v) is 9.34. The molecule has 1 heterocycles. The third-order valence-corrected chi connectivity index (χ3v) is 2.15. The quantitative estimate of drug-likeness (QED) is 0.695. The van der Waals surface area contributed by atoms with Crippen molar-refractivity contribution in [1.82, 2.24) is 0 Å². The topological polar surface area (TPSA) is 77.7 Å². The zero-order chi connectivity index (χ0) is 12.3. The lowest BCUT2D eigenvalue weighted by Crippen LogP contribution is -2.50. The van der Waals surface area contributed by atoms with E-state index in [9.17, 15) is 10.0 Å². The molecular formula is C11H11BO5-2. The van der Waals surface area contributed by atoms with E-state index in [2.05, 4.69) is 4.65 Å². The Morgan fingerprint density at radius 2 is 2.12 bits per heavy atom. The summed E-state index contributed by atoms with van der Waals surface area (Å²) < 4.78 is 15.0. The molecule has 0 amide bonds. The molecule has 0 atom stereocenters. The van der Waals surface area contributed by atoms with Gasteiger partial charge < -0.3 is 23.9 Å². The number of hydrogen-bond acceptors (Lipinski definition) is 5. The molecule has 17 heavy (non-hydrogen) atoms. The van der Waals surface area contributed by atoms with Crippen molar-refractivity contribution in [2.45, 2.75) is 13.3 Å². The van der Waals surface area contributed by atoms with Crippen molar-refractivity contribution < 1.29 is 23.9 Å². The van der Waals surface area contributed by atoms with Crippen molar-refractivity contribution in [1.29, 1.82) is 0 Å². The van der Waals surface area contributed by atoms with E-state index in [1.807, 2.05) is 6.92 Å². The molecule has 0 N–H and O–H groups in total. The lowest BCUT2D eigenvalue weighted by molar-refractivity contribution is -0.373. The van der Waals surface area contributed by atoms with E-state index in [4.69, 9.17) is 9.15 Å². The van der Waals surface area contributed by atoms with Crippen LogP contribution >= 0.6 is 0 Å². The minimum absolute atomic E-state index is 0.0670. The maximum atomic E-state index is 10.3. The van der Waals surface area contributed by atoms with Crippen molar-refractivity contribution in [2.24, 2.45) is 0 Å². The minimum Gasteiger partial charge on any atom is -0.860 e. The number of furan rings is 1. The van der Waals surface area contributed by atoms with Crippen molar-refractivity contribution in [3.63, 3.8) is 0 Å². The van der Waals surface area contributed by atoms with E-state index in [0.717, 1.165) is 11.8 Å². The van der Waals surface area contributed by atoms with Gasteiger partial charge in [-0.3, -0.25) is 0 Å². The van der Waals surface area contributed by atoms with Crippen molar-refractivity contribution in [2.75, 3.05) is 6.61 Å². The fourth-order valence-electron chi connectivity index (χ4n) is 1.45. The summed E-state index contributed by atoms with van der Waals surface area (Å²) in [4.78, 5) is 0. The van der Waals surface area contributed by atoms with Gasteiger partial charge in [0.1, 0.15) is 18.7 Å². The highest BCUT2D eigenvalue weighted by molar-refractivity contribution is 6.29. The number of hydrogen-bond donors (Lipinski definition) is 0. The minimum atomic E-state index is -2.38. The first-order valence-electron chi connectivity index (χ1n) is 5.33. The van der Waals surface area contributed by atoms with E-state index >= 15 is 0 Å². The number of fused-ring (bicyclic) bond motifs is 1. The summed E-state index contributed by atoms with van der Waals surface area (Å²) in [6.45, 7) is 2.64. The molecule has 0 bridgehead atoms. The summed E-state index contributed by atoms with van der Waals surface area (Å²) in [5.41, 5.74) is 0.522. The van der Waals surface area contributed by atoms with Crippen LogP contribution < -0.4 is 19.4 Å². The van der Waals surface area contributed by atoms with Crippen LogP contribution in [-0.2, 0) is 0 Å². The Labute approximate surface area is 98.7 Å². The molecule has 1 aromatic carbocycles. The molecule has 0 unspecified atom stereocenters. The highest BCUT2D eigenvalue weighted by atomic mass is 16.7. The predicted octanol–water partition coefficient (Wildman–Crippen LogP) is 0.306. The summed E-state index contributed by atoms with van der Waals surface area (Å²) in [7, 11) is -2.38. The van der Waals surface area contributed by atoms with Crippen molar-refractivity contribution in [3.05, 3.63) is 24.3 Å². The van der Waals surface area contributed by atoms with E-state index in [0.29, 0.717) is 17.9 Å². The molecule has 0 fully saturated rings. The second-order valence-corrected chi connectivity index (χ2v) is 3.52. The van der Waals surface area contributed by atoms with Gasteiger partial charge >= 0.3 is 0 Å². The molecule has 2 rings (SSSR count). The lowest BCUT2D eigenvalue weighted by Gasteiger charge is -2.24.